The smallest absolute Gasteiger partial charge is 0.280 e. The van der Waals surface area contributed by atoms with Crippen molar-refractivity contribution in [3.8, 4) is 0 Å². The quantitative estimate of drug-likeness (QED) is 0.750. The fourth-order valence-corrected chi connectivity index (χ4v) is 4.33. The van der Waals surface area contributed by atoms with E-state index in [0.717, 1.165) is 43.7 Å². The number of piperidine rings is 1. The van der Waals surface area contributed by atoms with Crippen LogP contribution >= 0.6 is 0 Å². The van der Waals surface area contributed by atoms with Crippen molar-refractivity contribution in [1.82, 2.24) is 10.1 Å². The lowest BCUT2D eigenvalue weighted by molar-refractivity contribution is 0.0969. The Bertz CT molecular complexity index is 922. The Morgan fingerprint density at radius 3 is 2.68 bits per heavy atom. The standard InChI is InChI=1S/C22H26FN3O2/c1-15(2)6-9-25-10-7-22(8-11-25)14-26(20-5-4-17(23)13-18(20)22)21(27)19-12-16(3)28-24-19/h4-6,12-13H,7-11,14H2,1-3H3. The molecule has 1 aromatic carbocycles. The molecule has 1 aromatic heterocycles. The minimum atomic E-state index is -0.253. The van der Waals surface area contributed by atoms with Crippen molar-refractivity contribution in [2.75, 3.05) is 31.1 Å². The summed E-state index contributed by atoms with van der Waals surface area (Å²) in [4.78, 5) is 17.2. The van der Waals surface area contributed by atoms with Gasteiger partial charge in [-0.05, 0) is 70.5 Å². The van der Waals surface area contributed by atoms with Gasteiger partial charge >= 0.3 is 0 Å². The van der Waals surface area contributed by atoms with Gasteiger partial charge in [-0.25, -0.2) is 4.39 Å². The molecule has 0 bridgehead atoms. The largest absolute Gasteiger partial charge is 0.361 e. The predicted octanol–water partition coefficient (Wildman–Crippen LogP) is 4.08. The third-order valence-electron chi connectivity index (χ3n) is 5.94. The zero-order valence-corrected chi connectivity index (χ0v) is 16.7. The molecule has 1 saturated heterocycles. The molecular formula is C22H26FN3O2. The first-order valence-electron chi connectivity index (χ1n) is 9.79. The lowest BCUT2D eigenvalue weighted by Gasteiger charge is -2.39. The molecule has 2 aromatic rings. The van der Waals surface area contributed by atoms with Crippen LogP contribution in [0.2, 0.25) is 0 Å². The van der Waals surface area contributed by atoms with Gasteiger partial charge in [-0.1, -0.05) is 16.8 Å². The van der Waals surface area contributed by atoms with Crippen LogP contribution in [-0.4, -0.2) is 42.1 Å². The maximum absolute atomic E-state index is 14.1. The third-order valence-corrected chi connectivity index (χ3v) is 5.94. The van der Waals surface area contributed by atoms with E-state index in [1.54, 1.807) is 30.0 Å². The zero-order valence-electron chi connectivity index (χ0n) is 16.7. The van der Waals surface area contributed by atoms with E-state index in [9.17, 15) is 9.18 Å². The molecule has 1 fully saturated rings. The molecule has 148 valence electrons. The number of aromatic nitrogens is 1. The first kappa shape index (κ1) is 18.9. The Balaban J connectivity index is 1.61. The van der Waals surface area contributed by atoms with Gasteiger partial charge in [0, 0.05) is 30.3 Å². The van der Waals surface area contributed by atoms with Crippen molar-refractivity contribution in [3.05, 3.63) is 58.7 Å². The summed E-state index contributed by atoms with van der Waals surface area (Å²) in [5, 5.41) is 3.88. The molecule has 2 aliphatic rings. The van der Waals surface area contributed by atoms with Crippen LogP contribution in [0.5, 0.6) is 0 Å². The molecule has 0 saturated carbocycles. The second-order valence-electron chi connectivity index (χ2n) is 8.24. The van der Waals surface area contributed by atoms with Crippen LogP contribution in [0.1, 0.15) is 48.5 Å². The molecule has 6 heteroatoms. The summed E-state index contributed by atoms with van der Waals surface area (Å²) in [7, 11) is 0. The summed E-state index contributed by atoms with van der Waals surface area (Å²) in [6, 6.07) is 6.41. The maximum atomic E-state index is 14.1. The monoisotopic (exact) mass is 383 g/mol. The summed E-state index contributed by atoms with van der Waals surface area (Å²) < 4.78 is 19.2. The first-order chi connectivity index (χ1) is 13.4. The van der Waals surface area contributed by atoms with Crippen LogP contribution in [0.25, 0.3) is 0 Å². The lowest BCUT2D eigenvalue weighted by atomic mass is 9.74. The number of fused-ring (bicyclic) bond motifs is 2. The Morgan fingerprint density at radius 2 is 2.04 bits per heavy atom. The molecule has 0 N–H and O–H groups in total. The minimum absolute atomic E-state index is 0.187. The molecule has 2 aliphatic heterocycles. The number of nitrogens with zero attached hydrogens (tertiary/aromatic N) is 3. The van der Waals surface area contributed by atoms with Crippen molar-refractivity contribution in [3.63, 3.8) is 0 Å². The third kappa shape index (κ3) is 3.37. The van der Waals surface area contributed by atoms with Gasteiger partial charge in [0.1, 0.15) is 11.6 Å². The number of anilines is 1. The van der Waals surface area contributed by atoms with E-state index in [4.69, 9.17) is 4.52 Å². The average Bonchev–Trinajstić information content (AvgIpc) is 3.23. The van der Waals surface area contributed by atoms with E-state index in [2.05, 4.69) is 30.0 Å². The molecule has 4 rings (SSSR count). The van der Waals surface area contributed by atoms with Gasteiger partial charge in [0.2, 0.25) is 0 Å². The van der Waals surface area contributed by atoms with E-state index in [1.165, 1.54) is 11.6 Å². The number of allylic oxidation sites excluding steroid dienone is 1. The molecule has 1 amide bonds. The summed E-state index contributed by atoms with van der Waals surface area (Å²) in [5.41, 5.74) is 3.15. The highest BCUT2D eigenvalue weighted by Crippen LogP contribution is 2.47. The average molecular weight is 383 g/mol. The number of aryl methyl sites for hydroxylation is 1. The number of hydrogen-bond acceptors (Lipinski definition) is 4. The highest BCUT2D eigenvalue weighted by atomic mass is 19.1. The highest BCUT2D eigenvalue weighted by Gasteiger charge is 2.46. The van der Waals surface area contributed by atoms with Crippen LogP contribution in [0, 0.1) is 12.7 Å². The lowest BCUT2D eigenvalue weighted by Crippen LogP contribution is -2.46. The molecule has 1 spiro atoms. The van der Waals surface area contributed by atoms with Gasteiger partial charge in [-0.15, -0.1) is 0 Å². The minimum Gasteiger partial charge on any atom is -0.361 e. The molecular weight excluding hydrogens is 357 g/mol. The molecule has 28 heavy (non-hydrogen) atoms. The fraction of sp³-hybridized carbons (Fsp3) is 0.455. The van der Waals surface area contributed by atoms with Gasteiger partial charge in [-0.3, -0.25) is 9.69 Å². The number of amides is 1. The zero-order chi connectivity index (χ0) is 19.9. The number of rotatable bonds is 3. The molecule has 0 atom stereocenters. The summed E-state index contributed by atoms with van der Waals surface area (Å²) in [6.07, 6.45) is 4.05. The molecule has 0 aliphatic carbocycles. The Morgan fingerprint density at radius 1 is 1.29 bits per heavy atom. The normalized spacial score (nSPS) is 18.4. The Labute approximate surface area is 164 Å². The van der Waals surface area contributed by atoms with Crippen molar-refractivity contribution in [2.45, 2.75) is 39.0 Å². The van der Waals surface area contributed by atoms with Crippen molar-refractivity contribution < 1.29 is 13.7 Å². The number of carbonyl (C=O) groups excluding carboxylic acids is 1. The van der Waals surface area contributed by atoms with Crippen molar-refractivity contribution in [1.29, 1.82) is 0 Å². The molecule has 0 unspecified atom stereocenters. The topological polar surface area (TPSA) is 49.6 Å². The van der Waals surface area contributed by atoms with Crippen LogP contribution in [0.3, 0.4) is 0 Å². The number of halogens is 1. The Kier molecular flexibility index (Phi) is 4.83. The maximum Gasteiger partial charge on any atom is 0.280 e. The summed E-state index contributed by atoms with van der Waals surface area (Å²) in [6.45, 7) is 9.35. The number of benzene rings is 1. The first-order valence-corrected chi connectivity index (χ1v) is 9.79. The van der Waals surface area contributed by atoms with Gasteiger partial charge in [0.25, 0.3) is 5.91 Å². The van der Waals surface area contributed by atoms with Crippen LogP contribution in [0.15, 0.2) is 40.4 Å². The van der Waals surface area contributed by atoms with Gasteiger partial charge in [0.15, 0.2) is 5.69 Å². The van der Waals surface area contributed by atoms with Gasteiger partial charge in [0.05, 0.1) is 0 Å². The Hall–Kier alpha value is -2.47. The number of likely N-dealkylation sites (tertiary alicyclic amines) is 1. The van der Waals surface area contributed by atoms with Crippen LogP contribution < -0.4 is 4.90 Å². The predicted molar refractivity (Wildman–Crippen MR) is 106 cm³/mol. The van der Waals surface area contributed by atoms with E-state index in [1.807, 2.05) is 0 Å². The van der Waals surface area contributed by atoms with Crippen LogP contribution in [0.4, 0.5) is 10.1 Å². The summed E-state index contributed by atoms with van der Waals surface area (Å²) >= 11 is 0. The SMILES string of the molecule is CC(C)=CCN1CCC2(CC1)CN(C(=O)c1cc(C)on1)c1ccc(F)cc12. The van der Waals surface area contributed by atoms with E-state index in [-0.39, 0.29) is 17.1 Å². The molecule has 0 radical (unpaired) electrons. The van der Waals surface area contributed by atoms with E-state index >= 15 is 0 Å². The van der Waals surface area contributed by atoms with E-state index in [0.29, 0.717) is 18.0 Å². The highest BCUT2D eigenvalue weighted by molar-refractivity contribution is 6.06. The number of hydrogen-bond donors (Lipinski definition) is 0. The van der Waals surface area contributed by atoms with Crippen molar-refractivity contribution in [2.24, 2.45) is 0 Å². The van der Waals surface area contributed by atoms with E-state index < -0.39 is 0 Å². The summed E-state index contributed by atoms with van der Waals surface area (Å²) in [5.74, 6) is 0.161. The van der Waals surface area contributed by atoms with Crippen molar-refractivity contribution >= 4 is 11.6 Å². The van der Waals surface area contributed by atoms with Gasteiger partial charge < -0.3 is 9.42 Å². The molecule has 5 nitrogen and oxygen atoms in total. The molecule has 3 heterocycles. The second kappa shape index (κ2) is 7.17. The fourth-order valence-electron chi connectivity index (χ4n) is 4.33. The van der Waals surface area contributed by atoms with Crippen LogP contribution in [-0.2, 0) is 5.41 Å². The van der Waals surface area contributed by atoms with Gasteiger partial charge in [-0.2, -0.15) is 0 Å². The second-order valence-corrected chi connectivity index (χ2v) is 8.24. The number of carbonyl (C=O) groups is 1.